The van der Waals surface area contributed by atoms with Gasteiger partial charge in [-0.15, -0.1) is 0 Å². The van der Waals surface area contributed by atoms with Crippen molar-refractivity contribution in [2.75, 3.05) is 27.2 Å². The molecule has 2 rings (SSSR count). The number of likely N-dealkylation sites (N-methyl/N-ethyl adjacent to an activating group) is 1. The third kappa shape index (κ3) is 3.02. The van der Waals surface area contributed by atoms with E-state index in [1.54, 1.807) is 6.92 Å². The van der Waals surface area contributed by atoms with Crippen LogP contribution in [0.5, 0.6) is 0 Å². The first kappa shape index (κ1) is 15.0. The fourth-order valence-corrected chi connectivity index (χ4v) is 2.63. The lowest BCUT2D eigenvalue weighted by Crippen LogP contribution is -2.23. The molecule has 1 aromatic rings. The van der Waals surface area contributed by atoms with Crippen molar-refractivity contribution in [2.45, 2.75) is 38.8 Å². The Labute approximate surface area is 119 Å². The van der Waals surface area contributed by atoms with Crippen LogP contribution < -0.4 is 5.73 Å². The Kier molecular flexibility index (Phi) is 4.77. The Morgan fingerprint density at radius 3 is 2.95 bits per heavy atom. The molecule has 0 radical (unpaired) electrons. The molecule has 112 valence electrons. The summed E-state index contributed by atoms with van der Waals surface area (Å²) in [6.07, 6.45) is 2.88. The van der Waals surface area contributed by atoms with Gasteiger partial charge in [-0.3, -0.25) is 4.68 Å². The maximum atomic E-state index is 12.0. The fourth-order valence-electron chi connectivity index (χ4n) is 2.63. The molecule has 1 aliphatic carbocycles. The van der Waals surface area contributed by atoms with Gasteiger partial charge >= 0.3 is 5.97 Å². The minimum Gasteiger partial charge on any atom is -0.461 e. The molecule has 1 heterocycles. The summed E-state index contributed by atoms with van der Waals surface area (Å²) in [6, 6.07) is -0.105. The van der Waals surface area contributed by atoms with E-state index >= 15 is 0 Å². The van der Waals surface area contributed by atoms with Crippen molar-refractivity contribution in [1.29, 1.82) is 0 Å². The first-order chi connectivity index (χ1) is 9.54. The number of nitrogens with zero attached hydrogens (tertiary/aromatic N) is 3. The summed E-state index contributed by atoms with van der Waals surface area (Å²) in [5.74, 6) is -0.357. The average Bonchev–Trinajstić information content (AvgIpc) is 2.77. The molecule has 20 heavy (non-hydrogen) atoms. The van der Waals surface area contributed by atoms with Gasteiger partial charge in [-0.05, 0) is 40.3 Å². The molecule has 0 spiro atoms. The Morgan fingerprint density at radius 1 is 1.55 bits per heavy atom. The van der Waals surface area contributed by atoms with Gasteiger partial charge in [-0.2, -0.15) is 5.10 Å². The Morgan fingerprint density at radius 2 is 2.30 bits per heavy atom. The van der Waals surface area contributed by atoms with E-state index < -0.39 is 0 Å². The predicted octanol–water partition coefficient (Wildman–Crippen LogP) is 0.957. The highest BCUT2D eigenvalue weighted by Crippen LogP contribution is 2.31. The molecule has 0 aromatic carbocycles. The average molecular weight is 280 g/mol. The van der Waals surface area contributed by atoms with Crippen LogP contribution in [0.15, 0.2) is 0 Å². The zero-order valence-electron chi connectivity index (χ0n) is 12.6. The second-order valence-corrected chi connectivity index (χ2v) is 5.45. The number of aromatic nitrogens is 2. The standard InChI is InChI=1S/C14H24N4O2/c1-4-20-14(19)13-12-10(15)6-5-7-11(12)18(16-13)9-8-17(2)3/h10H,4-9,15H2,1-3H3. The SMILES string of the molecule is CCOC(=O)c1nn(CCN(C)C)c2c1C(N)CCC2. The number of carbonyl (C=O) groups excluding carboxylic acids is 1. The lowest BCUT2D eigenvalue weighted by molar-refractivity contribution is 0.0516. The molecule has 0 saturated carbocycles. The van der Waals surface area contributed by atoms with Gasteiger partial charge in [0.2, 0.25) is 0 Å². The summed E-state index contributed by atoms with van der Waals surface area (Å²) >= 11 is 0. The molecule has 0 saturated heterocycles. The molecular formula is C14H24N4O2. The molecule has 2 N–H and O–H groups in total. The zero-order valence-corrected chi connectivity index (χ0v) is 12.6. The minimum absolute atomic E-state index is 0.105. The molecule has 0 fully saturated rings. The van der Waals surface area contributed by atoms with Crippen LogP contribution >= 0.6 is 0 Å². The van der Waals surface area contributed by atoms with Gasteiger partial charge in [0.15, 0.2) is 5.69 Å². The van der Waals surface area contributed by atoms with Crippen LogP contribution in [-0.4, -0.2) is 47.9 Å². The summed E-state index contributed by atoms with van der Waals surface area (Å²) in [5, 5.41) is 4.47. The first-order valence-corrected chi connectivity index (χ1v) is 7.21. The molecular weight excluding hydrogens is 256 g/mol. The minimum atomic E-state index is -0.357. The third-order valence-corrected chi connectivity index (χ3v) is 3.63. The Bertz CT molecular complexity index is 482. The summed E-state index contributed by atoms with van der Waals surface area (Å²) in [5.41, 5.74) is 8.59. The van der Waals surface area contributed by atoms with Crippen LogP contribution in [0.1, 0.15) is 47.6 Å². The van der Waals surface area contributed by atoms with Crippen molar-refractivity contribution in [3.63, 3.8) is 0 Å². The summed E-state index contributed by atoms with van der Waals surface area (Å²) in [4.78, 5) is 14.1. The maximum Gasteiger partial charge on any atom is 0.359 e. The van der Waals surface area contributed by atoms with Gasteiger partial charge < -0.3 is 15.4 Å². The zero-order chi connectivity index (χ0) is 14.7. The van der Waals surface area contributed by atoms with E-state index in [1.807, 2.05) is 18.8 Å². The molecule has 6 nitrogen and oxygen atoms in total. The van der Waals surface area contributed by atoms with E-state index in [0.717, 1.165) is 43.6 Å². The number of ether oxygens (including phenoxy) is 1. The molecule has 1 aromatic heterocycles. The van der Waals surface area contributed by atoms with E-state index in [9.17, 15) is 4.79 Å². The van der Waals surface area contributed by atoms with E-state index in [0.29, 0.717) is 12.3 Å². The monoisotopic (exact) mass is 280 g/mol. The van der Waals surface area contributed by atoms with Crippen molar-refractivity contribution in [1.82, 2.24) is 14.7 Å². The van der Waals surface area contributed by atoms with E-state index in [-0.39, 0.29) is 12.0 Å². The number of rotatable bonds is 5. The van der Waals surface area contributed by atoms with Crippen LogP contribution in [0.3, 0.4) is 0 Å². The van der Waals surface area contributed by atoms with E-state index in [4.69, 9.17) is 10.5 Å². The highest BCUT2D eigenvalue weighted by Gasteiger charge is 2.30. The van der Waals surface area contributed by atoms with Crippen molar-refractivity contribution < 1.29 is 9.53 Å². The van der Waals surface area contributed by atoms with Crippen LogP contribution in [0.2, 0.25) is 0 Å². The normalized spacial score (nSPS) is 18.1. The van der Waals surface area contributed by atoms with Crippen molar-refractivity contribution in [2.24, 2.45) is 5.73 Å². The number of hydrogen-bond acceptors (Lipinski definition) is 5. The number of esters is 1. The van der Waals surface area contributed by atoms with Gasteiger partial charge in [0.25, 0.3) is 0 Å². The van der Waals surface area contributed by atoms with Crippen LogP contribution in [0.4, 0.5) is 0 Å². The maximum absolute atomic E-state index is 12.0. The summed E-state index contributed by atoms with van der Waals surface area (Å²) in [7, 11) is 4.04. The first-order valence-electron chi connectivity index (χ1n) is 7.21. The second kappa shape index (κ2) is 6.37. The highest BCUT2D eigenvalue weighted by atomic mass is 16.5. The molecule has 1 unspecified atom stereocenters. The van der Waals surface area contributed by atoms with Crippen LogP contribution in [0, 0.1) is 0 Å². The van der Waals surface area contributed by atoms with E-state index in [1.165, 1.54) is 0 Å². The van der Waals surface area contributed by atoms with Crippen molar-refractivity contribution >= 4 is 5.97 Å². The highest BCUT2D eigenvalue weighted by molar-refractivity contribution is 5.89. The van der Waals surface area contributed by atoms with Gasteiger partial charge in [0.05, 0.1) is 13.2 Å². The van der Waals surface area contributed by atoms with Gasteiger partial charge in [-0.1, -0.05) is 0 Å². The van der Waals surface area contributed by atoms with Gasteiger partial charge in [0, 0.05) is 23.8 Å². The summed E-state index contributed by atoms with van der Waals surface area (Å²) < 4.78 is 7.03. The van der Waals surface area contributed by atoms with Crippen molar-refractivity contribution in [3.8, 4) is 0 Å². The summed E-state index contributed by atoms with van der Waals surface area (Å²) in [6.45, 7) is 3.80. The number of hydrogen-bond donors (Lipinski definition) is 1. The Hall–Kier alpha value is -1.40. The predicted molar refractivity (Wildman–Crippen MR) is 76.6 cm³/mol. The topological polar surface area (TPSA) is 73.4 Å². The second-order valence-electron chi connectivity index (χ2n) is 5.45. The third-order valence-electron chi connectivity index (χ3n) is 3.63. The smallest absolute Gasteiger partial charge is 0.359 e. The van der Waals surface area contributed by atoms with Crippen LogP contribution in [-0.2, 0) is 17.7 Å². The number of nitrogens with two attached hydrogens (primary N) is 1. The van der Waals surface area contributed by atoms with Crippen molar-refractivity contribution in [3.05, 3.63) is 17.0 Å². The van der Waals surface area contributed by atoms with Gasteiger partial charge in [-0.25, -0.2) is 4.79 Å². The number of carbonyl (C=O) groups is 1. The molecule has 1 atom stereocenters. The van der Waals surface area contributed by atoms with Crippen LogP contribution in [0.25, 0.3) is 0 Å². The molecule has 1 aliphatic rings. The molecule has 0 aliphatic heterocycles. The fraction of sp³-hybridized carbons (Fsp3) is 0.714. The Balaban J connectivity index is 2.34. The quantitative estimate of drug-likeness (QED) is 0.813. The number of fused-ring (bicyclic) bond motifs is 1. The molecule has 6 heteroatoms. The molecule has 0 bridgehead atoms. The lowest BCUT2D eigenvalue weighted by Gasteiger charge is -2.20. The van der Waals surface area contributed by atoms with E-state index in [2.05, 4.69) is 10.00 Å². The lowest BCUT2D eigenvalue weighted by atomic mass is 9.91. The largest absolute Gasteiger partial charge is 0.461 e. The molecule has 0 amide bonds. The van der Waals surface area contributed by atoms with Gasteiger partial charge in [0.1, 0.15) is 0 Å².